The summed E-state index contributed by atoms with van der Waals surface area (Å²) in [6.07, 6.45) is -1.59. The molecule has 9 nitrogen and oxygen atoms in total. The van der Waals surface area contributed by atoms with Crippen LogP contribution in [-0.2, 0) is 14.2 Å². The van der Waals surface area contributed by atoms with Crippen molar-refractivity contribution < 1.29 is 28.6 Å². The minimum absolute atomic E-state index is 0.183. The molecule has 0 atom stereocenters. The third-order valence-corrected chi connectivity index (χ3v) is 2.86. The Morgan fingerprint density at radius 1 is 0.862 bits per heavy atom. The summed E-state index contributed by atoms with van der Waals surface area (Å²) in [5.74, 6) is -0.639. The molecule has 0 aromatic heterocycles. The molecule has 2 N–H and O–H groups in total. The van der Waals surface area contributed by atoms with Gasteiger partial charge in [0.15, 0.2) is 0 Å². The lowest BCUT2D eigenvalue weighted by molar-refractivity contribution is 0.0518. The maximum atomic E-state index is 12.1. The van der Waals surface area contributed by atoms with Gasteiger partial charge >= 0.3 is 18.2 Å². The first-order valence-electron chi connectivity index (χ1n) is 9.15. The van der Waals surface area contributed by atoms with E-state index >= 15 is 0 Å². The first-order valence-corrected chi connectivity index (χ1v) is 9.15. The van der Waals surface area contributed by atoms with E-state index in [1.807, 2.05) is 0 Å². The molecule has 0 saturated heterocycles. The predicted molar refractivity (Wildman–Crippen MR) is 108 cm³/mol. The highest BCUT2D eigenvalue weighted by Crippen LogP contribution is 2.14. The van der Waals surface area contributed by atoms with E-state index < -0.39 is 29.4 Å². The molecular weight excluding hydrogens is 378 g/mol. The molecule has 0 aliphatic rings. The van der Waals surface area contributed by atoms with Gasteiger partial charge in [-0.25, -0.2) is 19.4 Å². The van der Waals surface area contributed by atoms with Crippen LogP contribution in [0.25, 0.3) is 0 Å². The van der Waals surface area contributed by atoms with Crippen molar-refractivity contribution in [3.63, 3.8) is 0 Å². The lowest BCUT2D eigenvalue weighted by Gasteiger charge is -2.22. The third kappa shape index (κ3) is 10.1. The molecule has 0 unspecified atom stereocenters. The molecule has 0 bridgehead atoms. The van der Waals surface area contributed by atoms with Crippen LogP contribution < -0.4 is 10.6 Å². The van der Waals surface area contributed by atoms with Crippen molar-refractivity contribution in [2.24, 2.45) is 4.99 Å². The number of amides is 2. The van der Waals surface area contributed by atoms with Gasteiger partial charge in [-0.05, 0) is 72.7 Å². The zero-order chi connectivity index (χ0) is 22.2. The van der Waals surface area contributed by atoms with Crippen LogP contribution in [0.4, 0.5) is 15.3 Å². The van der Waals surface area contributed by atoms with Crippen LogP contribution in [0.5, 0.6) is 0 Å². The van der Waals surface area contributed by atoms with Crippen molar-refractivity contribution in [3.05, 3.63) is 29.8 Å². The van der Waals surface area contributed by atoms with Crippen molar-refractivity contribution in [3.8, 4) is 0 Å². The molecule has 0 saturated carbocycles. The van der Waals surface area contributed by atoms with Crippen LogP contribution in [0.15, 0.2) is 29.3 Å². The molecule has 29 heavy (non-hydrogen) atoms. The third-order valence-electron chi connectivity index (χ3n) is 2.86. The van der Waals surface area contributed by atoms with E-state index in [0.717, 1.165) is 0 Å². The summed E-state index contributed by atoms with van der Waals surface area (Å²) in [7, 11) is 0. The molecule has 2 amide bonds. The average Bonchev–Trinajstić information content (AvgIpc) is 2.51. The molecule has 9 heteroatoms. The van der Waals surface area contributed by atoms with Gasteiger partial charge in [-0.2, -0.15) is 0 Å². The molecule has 160 valence electrons. The second-order valence-electron chi connectivity index (χ2n) is 7.98. The summed E-state index contributed by atoms with van der Waals surface area (Å²) in [6, 6.07) is 6.13. The number of nitrogens with zero attached hydrogens (tertiary/aromatic N) is 1. The number of esters is 1. The Labute approximate surface area is 170 Å². The monoisotopic (exact) mass is 407 g/mol. The average molecular weight is 407 g/mol. The number of benzene rings is 1. The Morgan fingerprint density at radius 2 is 1.31 bits per heavy atom. The Hall–Kier alpha value is -3.10. The van der Waals surface area contributed by atoms with E-state index in [0.29, 0.717) is 11.3 Å². The van der Waals surface area contributed by atoms with Crippen LogP contribution in [-0.4, -0.2) is 41.9 Å². The number of aliphatic imine (C=N–C) groups is 1. The van der Waals surface area contributed by atoms with Crippen molar-refractivity contribution in [1.29, 1.82) is 0 Å². The minimum Gasteiger partial charge on any atom is -0.462 e. The van der Waals surface area contributed by atoms with E-state index in [2.05, 4.69) is 15.6 Å². The van der Waals surface area contributed by atoms with Crippen LogP contribution in [0.1, 0.15) is 58.8 Å². The standard InChI is InChI=1S/C20H29N3O6/c1-8-27-15(24)13-9-11-14(12-10-13)21-16(22-17(25)28-19(2,3)4)23-18(26)29-20(5,6)7/h9-12H,8H2,1-7H3,(H2,21,22,23,25,26). The molecule has 0 heterocycles. The summed E-state index contributed by atoms with van der Waals surface area (Å²) < 4.78 is 15.3. The quantitative estimate of drug-likeness (QED) is 0.340. The minimum atomic E-state index is -0.796. The van der Waals surface area contributed by atoms with Gasteiger partial charge < -0.3 is 14.2 Å². The van der Waals surface area contributed by atoms with Crippen LogP contribution >= 0.6 is 0 Å². The van der Waals surface area contributed by atoms with Gasteiger partial charge in [0.2, 0.25) is 5.96 Å². The lowest BCUT2D eigenvalue weighted by Crippen LogP contribution is -2.47. The normalized spacial score (nSPS) is 11.1. The molecule has 0 aliphatic heterocycles. The number of carbonyl (C=O) groups is 3. The Morgan fingerprint density at radius 3 is 1.69 bits per heavy atom. The van der Waals surface area contributed by atoms with E-state index in [1.165, 1.54) is 12.1 Å². The predicted octanol–water partition coefficient (Wildman–Crippen LogP) is 3.90. The molecule has 0 radical (unpaired) electrons. The topological polar surface area (TPSA) is 115 Å². The highest BCUT2D eigenvalue weighted by molar-refractivity contribution is 6.02. The molecular formula is C20H29N3O6. The first-order chi connectivity index (χ1) is 13.3. The number of guanidine groups is 1. The SMILES string of the molecule is CCOC(=O)c1ccc(N=C(NC(=O)OC(C)(C)C)NC(=O)OC(C)(C)C)cc1. The second kappa shape index (κ2) is 9.90. The van der Waals surface area contributed by atoms with Crippen molar-refractivity contribution in [2.45, 2.75) is 59.7 Å². The summed E-state index contributed by atoms with van der Waals surface area (Å²) in [4.78, 5) is 40.1. The van der Waals surface area contributed by atoms with Gasteiger partial charge in [0.1, 0.15) is 11.2 Å². The Balaban J connectivity index is 3.03. The highest BCUT2D eigenvalue weighted by Gasteiger charge is 2.21. The van der Waals surface area contributed by atoms with E-state index in [9.17, 15) is 14.4 Å². The lowest BCUT2D eigenvalue weighted by atomic mass is 10.2. The van der Waals surface area contributed by atoms with Gasteiger partial charge in [0, 0.05) is 0 Å². The smallest absolute Gasteiger partial charge is 0.414 e. The summed E-state index contributed by atoms with van der Waals surface area (Å²) in [5.41, 5.74) is -0.738. The zero-order valence-corrected chi connectivity index (χ0v) is 17.9. The van der Waals surface area contributed by atoms with Crippen LogP contribution in [0.2, 0.25) is 0 Å². The Bertz CT molecular complexity index is 726. The van der Waals surface area contributed by atoms with Gasteiger partial charge in [0.05, 0.1) is 17.9 Å². The number of carbonyl (C=O) groups excluding carboxylic acids is 3. The maximum Gasteiger partial charge on any atom is 0.414 e. The number of ether oxygens (including phenoxy) is 3. The largest absolute Gasteiger partial charge is 0.462 e. The molecule has 1 aromatic rings. The molecule has 0 spiro atoms. The molecule has 0 aliphatic carbocycles. The zero-order valence-electron chi connectivity index (χ0n) is 17.9. The van der Waals surface area contributed by atoms with E-state index in [-0.39, 0.29) is 12.6 Å². The van der Waals surface area contributed by atoms with Gasteiger partial charge in [-0.1, -0.05) is 0 Å². The van der Waals surface area contributed by atoms with Crippen molar-refractivity contribution >= 4 is 29.8 Å². The van der Waals surface area contributed by atoms with Gasteiger partial charge in [0.25, 0.3) is 0 Å². The van der Waals surface area contributed by atoms with E-state index in [1.54, 1.807) is 60.6 Å². The van der Waals surface area contributed by atoms with Crippen LogP contribution in [0, 0.1) is 0 Å². The number of rotatable bonds is 3. The molecule has 1 aromatic carbocycles. The molecule has 1 rings (SSSR count). The highest BCUT2D eigenvalue weighted by atomic mass is 16.6. The maximum absolute atomic E-state index is 12.1. The fourth-order valence-electron chi connectivity index (χ4n) is 1.90. The number of alkyl carbamates (subject to hydrolysis) is 2. The second-order valence-corrected chi connectivity index (χ2v) is 7.98. The molecule has 0 fully saturated rings. The van der Waals surface area contributed by atoms with Crippen LogP contribution in [0.3, 0.4) is 0 Å². The number of hydrogen-bond donors (Lipinski definition) is 2. The van der Waals surface area contributed by atoms with E-state index in [4.69, 9.17) is 14.2 Å². The number of hydrogen-bond acceptors (Lipinski definition) is 7. The van der Waals surface area contributed by atoms with Crippen molar-refractivity contribution in [2.75, 3.05) is 6.61 Å². The summed E-state index contributed by atoms with van der Waals surface area (Å²) in [5, 5.41) is 4.76. The summed E-state index contributed by atoms with van der Waals surface area (Å²) >= 11 is 0. The van der Waals surface area contributed by atoms with Gasteiger partial charge in [-0.15, -0.1) is 0 Å². The number of nitrogens with one attached hydrogen (secondary N) is 2. The van der Waals surface area contributed by atoms with Gasteiger partial charge in [-0.3, -0.25) is 10.6 Å². The fourth-order valence-corrected chi connectivity index (χ4v) is 1.90. The Kier molecular flexibility index (Phi) is 8.17. The summed E-state index contributed by atoms with van der Waals surface area (Å²) in [6.45, 7) is 12.2. The van der Waals surface area contributed by atoms with Crippen molar-refractivity contribution in [1.82, 2.24) is 10.6 Å². The fraction of sp³-hybridized carbons (Fsp3) is 0.500. The first kappa shape index (κ1) is 23.9.